The van der Waals surface area contributed by atoms with Crippen molar-refractivity contribution in [2.24, 2.45) is 17.8 Å². The van der Waals surface area contributed by atoms with Gasteiger partial charge in [0.2, 0.25) is 11.8 Å². The summed E-state index contributed by atoms with van der Waals surface area (Å²) in [7, 11) is 3.41. The number of aliphatic hydroxyl groups is 1. The van der Waals surface area contributed by atoms with E-state index in [0.29, 0.717) is 58.3 Å². The molecule has 1 saturated heterocycles. The molecule has 1 aromatic rings. The Kier molecular flexibility index (Phi) is 10.5. The molecule has 2 aliphatic rings. The van der Waals surface area contributed by atoms with E-state index in [9.17, 15) is 18.7 Å². The van der Waals surface area contributed by atoms with Crippen LogP contribution in [0.15, 0.2) is 18.2 Å². The lowest BCUT2D eigenvalue weighted by Gasteiger charge is -2.43. The molecule has 0 bridgehead atoms. The number of nitrogens with one attached hydrogen (secondary N) is 1. The van der Waals surface area contributed by atoms with Crippen molar-refractivity contribution in [2.75, 3.05) is 40.4 Å². The van der Waals surface area contributed by atoms with Crippen molar-refractivity contribution in [3.63, 3.8) is 0 Å². The number of amides is 1. The minimum absolute atomic E-state index is 0.0257. The highest BCUT2D eigenvalue weighted by molar-refractivity contribution is 6.30. The molecule has 9 heteroatoms. The maximum absolute atomic E-state index is 15.1. The van der Waals surface area contributed by atoms with Crippen LogP contribution in [-0.4, -0.2) is 62.2 Å². The van der Waals surface area contributed by atoms with Gasteiger partial charge in [-0.2, -0.15) is 0 Å². The molecular weight excluding hydrogens is 493 g/mol. The van der Waals surface area contributed by atoms with Gasteiger partial charge < -0.3 is 20.1 Å². The highest BCUT2D eigenvalue weighted by Crippen LogP contribution is 2.46. The molecule has 36 heavy (non-hydrogen) atoms. The number of unbranched alkanes of at least 4 members (excludes halogenated alkanes) is 1. The summed E-state index contributed by atoms with van der Waals surface area (Å²) in [6.45, 7) is 2.02. The molecule has 0 radical (unpaired) electrons. The number of nitrogens with zero attached hydrogens (tertiary/aromatic N) is 1. The topological polar surface area (TPSA) is 61.8 Å². The monoisotopic (exact) mass is 532 g/mol. The fourth-order valence-electron chi connectivity index (χ4n) is 5.96. The number of hydrogen-bond acceptors (Lipinski definition) is 4. The zero-order valence-corrected chi connectivity index (χ0v) is 22.1. The molecule has 5 nitrogen and oxygen atoms in total. The average molecular weight is 533 g/mol. The zero-order chi connectivity index (χ0) is 26.3. The SMILES string of the molecule is CNC[C@@H](CC(=O)N1CCC[C@@H]([C@@](O)(CCCCOC)c2cccc(Cl)c2F)C1)CC1CC(F)(F)C1. The van der Waals surface area contributed by atoms with Crippen LogP contribution in [0.1, 0.15) is 63.4 Å². The highest BCUT2D eigenvalue weighted by Gasteiger charge is 2.46. The first-order valence-corrected chi connectivity index (χ1v) is 13.4. The normalized spacial score (nSPS) is 22.6. The van der Waals surface area contributed by atoms with Crippen LogP contribution in [0.2, 0.25) is 5.02 Å². The number of halogens is 4. The summed E-state index contributed by atoms with van der Waals surface area (Å²) < 4.78 is 46.8. The molecule has 3 atom stereocenters. The maximum Gasteiger partial charge on any atom is 0.248 e. The molecule has 1 amide bonds. The van der Waals surface area contributed by atoms with E-state index in [1.54, 1.807) is 31.2 Å². The highest BCUT2D eigenvalue weighted by atomic mass is 35.5. The fraction of sp³-hybridized carbons (Fsp3) is 0.741. The summed E-state index contributed by atoms with van der Waals surface area (Å²) in [5.74, 6) is -3.66. The zero-order valence-electron chi connectivity index (χ0n) is 21.4. The summed E-state index contributed by atoms with van der Waals surface area (Å²) >= 11 is 6.06. The largest absolute Gasteiger partial charge is 0.385 e. The Balaban J connectivity index is 1.71. The van der Waals surface area contributed by atoms with E-state index < -0.39 is 17.3 Å². The number of ether oxygens (including phenoxy) is 1. The van der Waals surface area contributed by atoms with Crippen LogP contribution in [0.3, 0.4) is 0 Å². The van der Waals surface area contributed by atoms with Gasteiger partial charge in [0, 0.05) is 57.6 Å². The van der Waals surface area contributed by atoms with E-state index in [4.69, 9.17) is 16.3 Å². The number of likely N-dealkylation sites (tertiary alicyclic amines) is 1. The Morgan fingerprint density at radius 3 is 2.78 bits per heavy atom. The van der Waals surface area contributed by atoms with E-state index in [0.717, 1.165) is 6.42 Å². The van der Waals surface area contributed by atoms with Crippen molar-refractivity contribution in [3.05, 3.63) is 34.6 Å². The minimum Gasteiger partial charge on any atom is -0.385 e. The number of piperidine rings is 1. The predicted octanol–water partition coefficient (Wildman–Crippen LogP) is 5.38. The van der Waals surface area contributed by atoms with Crippen LogP contribution >= 0.6 is 11.6 Å². The summed E-state index contributed by atoms with van der Waals surface area (Å²) in [5.41, 5.74) is -1.30. The third kappa shape index (κ3) is 7.36. The minimum atomic E-state index is -2.57. The summed E-state index contributed by atoms with van der Waals surface area (Å²) in [5, 5.41) is 15.0. The fourth-order valence-corrected chi connectivity index (χ4v) is 6.13. The van der Waals surface area contributed by atoms with Gasteiger partial charge in [0.25, 0.3) is 0 Å². The van der Waals surface area contributed by atoms with E-state index in [2.05, 4.69) is 5.32 Å². The van der Waals surface area contributed by atoms with Gasteiger partial charge in [-0.25, -0.2) is 13.2 Å². The molecule has 1 aliphatic heterocycles. The Bertz CT molecular complexity index is 867. The number of carbonyl (C=O) groups is 1. The molecule has 204 valence electrons. The van der Waals surface area contributed by atoms with Gasteiger partial charge in [0.05, 0.1) is 10.6 Å². The van der Waals surface area contributed by atoms with Crippen LogP contribution in [0.4, 0.5) is 13.2 Å². The van der Waals surface area contributed by atoms with E-state index >= 15 is 4.39 Å². The maximum atomic E-state index is 15.1. The van der Waals surface area contributed by atoms with Gasteiger partial charge in [-0.15, -0.1) is 0 Å². The molecule has 2 fully saturated rings. The Labute approximate surface area is 217 Å². The second kappa shape index (κ2) is 12.9. The van der Waals surface area contributed by atoms with Crippen molar-refractivity contribution in [3.8, 4) is 0 Å². The van der Waals surface area contributed by atoms with Crippen LogP contribution < -0.4 is 5.32 Å². The second-order valence-corrected chi connectivity index (χ2v) is 11.1. The van der Waals surface area contributed by atoms with Crippen molar-refractivity contribution >= 4 is 17.5 Å². The predicted molar refractivity (Wildman–Crippen MR) is 135 cm³/mol. The van der Waals surface area contributed by atoms with Crippen molar-refractivity contribution in [1.82, 2.24) is 10.2 Å². The lowest BCUT2D eigenvalue weighted by molar-refractivity contribution is -0.139. The Hall–Kier alpha value is -1.35. The Morgan fingerprint density at radius 1 is 1.36 bits per heavy atom. The van der Waals surface area contributed by atoms with E-state index in [-0.39, 0.29) is 53.5 Å². The lowest BCUT2D eigenvalue weighted by Crippen LogP contribution is -2.49. The first-order valence-electron chi connectivity index (χ1n) is 13.1. The first-order chi connectivity index (χ1) is 17.1. The van der Waals surface area contributed by atoms with E-state index in [1.807, 2.05) is 0 Å². The van der Waals surface area contributed by atoms with Crippen LogP contribution in [0, 0.1) is 23.6 Å². The van der Waals surface area contributed by atoms with Crippen molar-refractivity contribution < 1.29 is 27.8 Å². The molecule has 1 aromatic carbocycles. The summed E-state index contributed by atoms with van der Waals surface area (Å²) in [6, 6.07) is 4.68. The molecule has 1 saturated carbocycles. The van der Waals surface area contributed by atoms with Crippen molar-refractivity contribution in [2.45, 2.75) is 69.3 Å². The molecule has 2 N–H and O–H groups in total. The van der Waals surface area contributed by atoms with Crippen LogP contribution in [-0.2, 0) is 15.1 Å². The number of hydrogen-bond donors (Lipinski definition) is 2. The lowest BCUT2D eigenvalue weighted by atomic mass is 9.73. The molecule has 0 spiro atoms. The van der Waals surface area contributed by atoms with Gasteiger partial charge in [-0.1, -0.05) is 23.7 Å². The smallest absolute Gasteiger partial charge is 0.248 e. The molecule has 3 rings (SSSR count). The number of alkyl halides is 2. The molecule has 1 heterocycles. The van der Waals surface area contributed by atoms with E-state index in [1.165, 1.54) is 6.07 Å². The quantitative estimate of drug-likeness (QED) is 0.335. The molecule has 1 aliphatic carbocycles. The third-order valence-corrected chi connectivity index (χ3v) is 8.11. The van der Waals surface area contributed by atoms with Gasteiger partial charge in [0.1, 0.15) is 5.82 Å². The number of rotatable bonds is 13. The molecule has 0 aromatic heterocycles. The summed E-state index contributed by atoms with van der Waals surface area (Å²) in [6.07, 6.45) is 3.71. The van der Waals surface area contributed by atoms with Crippen LogP contribution in [0.25, 0.3) is 0 Å². The number of methoxy groups -OCH3 is 1. The molecule has 0 unspecified atom stereocenters. The Morgan fingerprint density at radius 2 is 2.11 bits per heavy atom. The number of benzene rings is 1. The van der Waals surface area contributed by atoms with Gasteiger partial charge in [-0.3, -0.25) is 4.79 Å². The molecular formula is C27H40ClF3N2O3. The standard InChI is InChI=1S/C27H40ClF3N2O3/c1-32-17-19(13-20-15-26(30,31)16-20)14-24(34)33-11-6-7-21(18-33)27(35,10-3-4-12-36-2)22-8-5-9-23(28)25(22)29/h5,8-9,19-21,32,35H,3-4,6-7,10-18H2,1-2H3/t19-,21-,27+/m1/s1. The third-order valence-electron chi connectivity index (χ3n) is 7.82. The second-order valence-electron chi connectivity index (χ2n) is 10.6. The average Bonchev–Trinajstić information content (AvgIpc) is 2.82. The van der Waals surface area contributed by atoms with Gasteiger partial charge in [0.15, 0.2) is 0 Å². The van der Waals surface area contributed by atoms with Crippen molar-refractivity contribution in [1.29, 1.82) is 0 Å². The first kappa shape index (κ1) is 29.2. The van der Waals surface area contributed by atoms with Gasteiger partial charge >= 0.3 is 0 Å². The number of carbonyl (C=O) groups excluding carboxylic acids is 1. The van der Waals surface area contributed by atoms with Crippen LogP contribution in [0.5, 0.6) is 0 Å². The summed E-state index contributed by atoms with van der Waals surface area (Å²) in [4.78, 5) is 15.0. The van der Waals surface area contributed by atoms with Gasteiger partial charge in [-0.05, 0) is 70.0 Å².